The Morgan fingerprint density at radius 3 is 2.63 bits per heavy atom. The van der Waals surface area contributed by atoms with Crippen LogP contribution in [0.4, 0.5) is 4.79 Å². The quantitative estimate of drug-likeness (QED) is 0.412. The zero-order valence-electron chi connectivity index (χ0n) is 16.0. The SMILES string of the molecule is COCCNC(=O)NC(=O)COC(=O)c1nc(-c2cccs2)n(-c2ccccc2)n1. The van der Waals surface area contributed by atoms with Gasteiger partial charge in [-0.2, -0.15) is 4.98 Å². The van der Waals surface area contributed by atoms with Gasteiger partial charge < -0.3 is 14.8 Å². The molecule has 0 aliphatic carbocycles. The van der Waals surface area contributed by atoms with Crippen LogP contribution in [-0.2, 0) is 14.3 Å². The molecule has 2 aromatic heterocycles. The molecule has 11 heteroatoms. The zero-order valence-corrected chi connectivity index (χ0v) is 16.8. The molecule has 0 saturated heterocycles. The van der Waals surface area contributed by atoms with Crippen LogP contribution < -0.4 is 10.6 Å². The van der Waals surface area contributed by atoms with Gasteiger partial charge in [0.25, 0.3) is 11.7 Å². The molecule has 3 aromatic rings. The van der Waals surface area contributed by atoms with E-state index in [1.54, 1.807) is 0 Å². The molecule has 0 bridgehead atoms. The van der Waals surface area contributed by atoms with E-state index in [1.807, 2.05) is 53.2 Å². The Bertz CT molecular complexity index is 1000. The highest BCUT2D eigenvalue weighted by Gasteiger charge is 2.21. The van der Waals surface area contributed by atoms with E-state index in [0.29, 0.717) is 12.4 Å². The van der Waals surface area contributed by atoms with Gasteiger partial charge in [-0.3, -0.25) is 10.1 Å². The molecular weight excluding hydrogens is 410 g/mol. The first-order chi connectivity index (χ1) is 14.6. The predicted molar refractivity (Wildman–Crippen MR) is 108 cm³/mol. The van der Waals surface area contributed by atoms with Crippen molar-refractivity contribution in [3.05, 3.63) is 53.7 Å². The van der Waals surface area contributed by atoms with E-state index in [-0.39, 0.29) is 12.4 Å². The van der Waals surface area contributed by atoms with Crippen molar-refractivity contribution in [3.63, 3.8) is 0 Å². The molecule has 0 fully saturated rings. The Hall–Kier alpha value is -3.57. The number of para-hydroxylation sites is 1. The van der Waals surface area contributed by atoms with E-state index in [9.17, 15) is 14.4 Å². The van der Waals surface area contributed by atoms with Crippen molar-refractivity contribution in [1.29, 1.82) is 0 Å². The number of ether oxygens (including phenoxy) is 2. The van der Waals surface area contributed by atoms with E-state index in [1.165, 1.54) is 23.1 Å². The first kappa shape index (κ1) is 21.1. The number of thiophene rings is 1. The molecule has 156 valence electrons. The Kier molecular flexibility index (Phi) is 7.24. The van der Waals surface area contributed by atoms with Gasteiger partial charge in [0.1, 0.15) is 0 Å². The number of rotatable bonds is 8. The highest BCUT2D eigenvalue weighted by Crippen LogP contribution is 2.25. The van der Waals surface area contributed by atoms with Crippen molar-refractivity contribution in [3.8, 4) is 16.4 Å². The van der Waals surface area contributed by atoms with Crippen molar-refractivity contribution >= 4 is 29.2 Å². The Morgan fingerprint density at radius 1 is 1.13 bits per heavy atom. The molecule has 1 aromatic carbocycles. The van der Waals surface area contributed by atoms with Gasteiger partial charge in [-0.1, -0.05) is 24.3 Å². The average molecular weight is 429 g/mol. The van der Waals surface area contributed by atoms with Crippen LogP contribution in [0.25, 0.3) is 16.4 Å². The first-order valence-electron chi connectivity index (χ1n) is 8.88. The van der Waals surface area contributed by atoms with Crippen LogP contribution in [0.1, 0.15) is 10.6 Å². The Balaban J connectivity index is 1.66. The maximum atomic E-state index is 12.4. The van der Waals surface area contributed by atoms with Gasteiger partial charge >= 0.3 is 12.0 Å². The summed E-state index contributed by atoms with van der Waals surface area (Å²) in [6, 6.07) is 12.2. The molecule has 0 unspecified atom stereocenters. The Morgan fingerprint density at radius 2 is 1.93 bits per heavy atom. The number of esters is 1. The molecule has 0 radical (unpaired) electrons. The maximum absolute atomic E-state index is 12.4. The van der Waals surface area contributed by atoms with E-state index >= 15 is 0 Å². The van der Waals surface area contributed by atoms with Crippen LogP contribution in [0.2, 0.25) is 0 Å². The van der Waals surface area contributed by atoms with Gasteiger partial charge in [0.05, 0.1) is 17.2 Å². The standard InChI is InChI=1S/C19H19N5O5S/c1-28-10-9-20-19(27)21-15(25)12-29-18(26)16-22-17(14-8-5-11-30-14)24(23-16)13-6-3-2-4-7-13/h2-8,11H,9-10,12H2,1H3,(H2,20,21,25,27). The summed E-state index contributed by atoms with van der Waals surface area (Å²) in [5.74, 6) is -1.37. The van der Waals surface area contributed by atoms with Crippen LogP contribution in [0.3, 0.4) is 0 Å². The molecule has 3 rings (SSSR count). The number of carbonyl (C=O) groups excluding carboxylic acids is 3. The second-order valence-electron chi connectivity index (χ2n) is 5.86. The van der Waals surface area contributed by atoms with Crippen molar-refractivity contribution in [2.24, 2.45) is 0 Å². The lowest BCUT2D eigenvalue weighted by Crippen LogP contribution is -2.42. The summed E-state index contributed by atoms with van der Waals surface area (Å²) in [7, 11) is 1.49. The molecule has 2 heterocycles. The molecule has 10 nitrogen and oxygen atoms in total. The first-order valence-corrected chi connectivity index (χ1v) is 9.76. The van der Waals surface area contributed by atoms with Crippen molar-refractivity contribution in [2.45, 2.75) is 0 Å². The number of benzene rings is 1. The summed E-state index contributed by atoms with van der Waals surface area (Å²) in [6.45, 7) is -0.106. The number of urea groups is 1. The largest absolute Gasteiger partial charge is 0.450 e. The van der Waals surface area contributed by atoms with Crippen LogP contribution in [0.15, 0.2) is 47.8 Å². The molecular formula is C19H19N5O5S. The second-order valence-corrected chi connectivity index (χ2v) is 6.80. The summed E-state index contributed by atoms with van der Waals surface area (Å²) in [5.41, 5.74) is 0.720. The van der Waals surface area contributed by atoms with E-state index in [0.717, 1.165) is 10.6 Å². The fourth-order valence-electron chi connectivity index (χ4n) is 2.38. The summed E-state index contributed by atoms with van der Waals surface area (Å²) < 4.78 is 11.3. The predicted octanol–water partition coefficient (Wildman–Crippen LogP) is 1.62. The number of hydrogen-bond donors (Lipinski definition) is 2. The Labute approximate surface area is 175 Å². The van der Waals surface area contributed by atoms with Gasteiger partial charge in [0.2, 0.25) is 0 Å². The van der Waals surface area contributed by atoms with Gasteiger partial charge in [0, 0.05) is 13.7 Å². The van der Waals surface area contributed by atoms with E-state index in [4.69, 9.17) is 9.47 Å². The van der Waals surface area contributed by atoms with Gasteiger partial charge in [-0.25, -0.2) is 14.3 Å². The molecule has 0 aliphatic rings. The molecule has 0 saturated carbocycles. The van der Waals surface area contributed by atoms with Gasteiger partial charge in [-0.05, 0) is 23.6 Å². The third-order valence-electron chi connectivity index (χ3n) is 3.71. The lowest BCUT2D eigenvalue weighted by molar-refractivity contribution is -0.123. The number of carbonyl (C=O) groups is 3. The molecule has 3 amide bonds. The summed E-state index contributed by atoms with van der Waals surface area (Å²) in [4.78, 5) is 40.7. The normalized spacial score (nSPS) is 10.4. The van der Waals surface area contributed by atoms with Gasteiger partial charge in [0.15, 0.2) is 12.4 Å². The minimum atomic E-state index is -0.877. The van der Waals surface area contributed by atoms with Crippen molar-refractivity contribution < 1.29 is 23.9 Å². The maximum Gasteiger partial charge on any atom is 0.378 e. The van der Waals surface area contributed by atoms with Crippen molar-refractivity contribution in [2.75, 3.05) is 26.9 Å². The van der Waals surface area contributed by atoms with Crippen molar-refractivity contribution in [1.82, 2.24) is 25.4 Å². The number of nitrogens with one attached hydrogen (secondary N) is 2. The van der Waals surface area contributed by atoms with E-state index in [2.05, 4.69) is 15.4 Å². The van der Waals surface area contributed by atoms with Crippen LogP contribution in [-0.4, -0.2) is 59.5 Å². The summed E-state index contributed by atoms with van der Waals surface area (Å²) >= 11 is 1.45. The van der Waals surface area contributed by atoms with E-state index < -0.39 is 24.5 Å². The molecule has 2 N–H and O–H groups in total. The minimum Gasteiger partial charge on any atom is -0.450 e. The molecule has 0 spiro atoms. The summed E-state index contributed by atoms with van der Waals surface area (Å²) in [5, 5.41) is 10.6. The highest BCUT2D eigenvalue weighted by molar-refractivity contribution is 7.13. The summed E-state index contributed by atoms with van der Waals surface area (Å²) in [6.07, 6.45) is 0. The van der Waals surface area contributed by atoms with Crippen LogP contribution in [0, 0.1) is 0 Å². The minimum absolute atomic E-state index is 0.195. The number of nitrogens with zero attached hydrogens (tertiary/aromatic N) is 3. The smallest absolute Gasteiger partial charge is 0.378 e. The lowest BCUT2D eigenvalue weighted by Gasteiger charge is -2.06. The fraction of sp³-hybridized carbons (Fsp3) is 0.211. The van der Waals surface area contributed by atoms with Gasteiger partial charge in [-0.15, -0.1) is 16.4 Å². The number of hydrogen-bond acceptors (Lipinski definition) is 8. The monoisotopic (exact) mass is 429 g/mol. The van der Waals surface area contributed by atoms with Crippen LogP contribution in [0.5, 0.6) is 0 Å². The number of aromatic nitrogens is 3. The molecule has 0 atom stereocenters. The zero-order chi connectivity index (χ0) is 21.3. The third-order valence-corrected chi connectivity index (χ3v) is 4.58. The number of methoxy groups -OCH3 is 1. The lowest BCUT2D eigenvalue weighted by atomic mass is 10.3. The molecule has 30 heavy (non-hydrogen) atoms. The number of amides is 3. The topological polar surface area (TPSA) is 124 Å². The second kappa shape index (κ2) is 10.3. The van der Waals surface area contributed by atoms with Crippen LogP contribution >= 0.6 is 11.3 Å². The number of imide groups is 1. The average Bonchev–Trinajstić information content (AvgIpc) is 3.42. The third kappa shape index (κ3) is 5.49. The molecule has 0 aliphatic heterocycles. The highest BCUT2D eigenvalue weighted by atomic mass is 32.1. The fourth-order valence-corrected chi connectivity index (χ4v) is 3.08.